The lowest BCUT2D eigenvalue weighted by molar-refractivity contribution is -0.137. The Bertz CT molecular complexity index is 1550. The van der Waals surface area contributed by atoms with E-state index in [2.05, 4.69) is 91.2 Å². The first-order chi connectivity index (χ1) is 20.7. The Morgan fingerprint density at radius 3 is 2.47 bits per heavy atom. The van der Waals surface area contributed by atoms with Gasteiger partial charge in [-0.1, -0.05) is 30.2 Å². The quantitative estimate of drug-likeness (QED) is 0.182. The number of nitrogens with one attached hydrogen (secondary N) is 2. The summed E-state index contributed by atoms with van der Waals surface area (Å²) in [5.74, 6) is 1.35. The van der Waals surface area contributed by atoms with Gasteiger partial charge in [-0.25, -0.2) is 0 Å². The highest BCUT2D eigenvalue weighted by Gasteiger charge is 2.47. The van der Waals surface area contributed by atoms with Crippen molar-refractivity contribution in [1.82, 2.24) is 20.2 Å². The van der Waals surface area contributed by atoms with E-state index in [9.17, 15) is 4.79 Å². The largest absolute Gasteiger partial charge is 0.492 e. The monoisotopic (exact) mass is 578 g/mol. The molecule has 0 radical (unpaired) electrons. The molecule has 2 saturated heterocycles. The van der Waals surface area contributed by atoms with Gasteiger partial charge in [0.25, 0.3) is 0 Å². The number of nitrogens with zero attached hydrogens (tertiary/aromatic N) is 2. The molecule has 2 aliphatic heterocycles. The third kappa shape index (κ3) is 5.95. The number of rotatable bonds is 11. The molecule has 2 N–H and O–H groups in total. The fourth-order valence-electron chi connectivity index (χ4n) is 7.39. The summed E-state index contributed by atoms with van der Waals surface area (Å²) in [4.78, 5) is 24.1. The number of aryl methyl sites for hydroxylation is 2. The van der Waals surface area contributed by atoms with E-state index in [4.69, 9.17) is 4.74 Å². The van der Waals surface area contributed by atoms with Crippen LogP contribution in [0.5, 0.6) is 5.75 Å². The van der Waals surface area contributed by atoms with Gasteiger partial charge in [0, 0.05) is 35.7 Å². The Morgan fingerprint density at radius 2 is 1.79 bits per heavy atom. The van der Waals surface area contributed by atoms with Crippen molar-refractivity contribution in [3.05, 3.63) is 83.2 Å². The van der Waals surface area contributed by atoms with Gasteiger partial charge >= 0.3 is 0 Å². The smallest absolute Gasteiger partial charge is 0.233 e. The van der Waals surface area contributed by atoms with Crippen molar-refractivity contribution < 1.29 is 9.53 Å². The highest BCUT2D eigenvalue weighted by molar-refractivity contribution is 5.95. The van der Waals surface area contributed by atoms with Gasteiger partial charge in [0.2, 0.25) is 5.91 Å². The zero-order valence-corrected chi connectivity index (χ0v) is 26.4. The number of fused-ring (bicyclic) bond motifs is 3. The van der Waals surface area contributed by atoms with Gasteiger partial charge < -0.3 is 19.9 Å². The van der Waals surface area contributed by atoms with Gasteiger partial charge in [0.1, 0.15) is 5.75 Å². The van der Waals surface area contributed by atoms with E-state index in [-0.39, 0.29) is 11.8 Å². The summed E-state index contributed by atoms with van der Waals surface area (Å²) >= 11 is 0. The molecule has 6 nitrogen and oxygen atoms in total. The van der Waals surface area contributed by atoms with Crippen molar-refractivity contribution in [1.29, 1.82) is 0 Å². The van der Waals surface area contributed by atoms with E-state index in [1.54, 1.807) is 12.4 Å². The van der Waals surface area contributed by atoms with Crippen LogP contribution in [0.1, 0.15) is 81.0 Å². The maximum atomic E-state index is 14.0. The molecule has 6 rings (SSSR count). The SMILES string of the molecule is Cc1cc(C)cc(-c2[nH]c3ccc(C(C)(C)C(=O)N4C5CCC4CC5)cc3c2C(C)CNCCCOc2cccnc2)c1. The van der Waals surface area contributed by atoms with Crippen LogP contribution < -0.4 is 10.1 Å². The number of pyridine rings is 1. The van der Waals surface area contributed by atoms with Crippen LogP contribution >= 0.6 is 0 Å². The molecule has 43 heavy (non-hydrogen) atoms. The van der Waals surface area contributed by atoms with Crippen LogP contribution in [0.15, 0.2) is 60.9 Å². The van der Waals surface area contributed by atoms with Crippen molar-refractivity contribution >= 4 is 16.8 Å². The van der Waals surface area contributed by atoms with Crippen molar-refractivity contribution in [2.45, 2.75) is 90.1 Å². The lowest BCUT2D eigenvalue weighted by atomic mass is 9.81. The maximum absolute atomic E-state index is 14.0. The number of ether oxygens (including phenoxy) is 1. The van der Waals surface area contributed by atoms with E-state index in [0.29, 0.717) is 18.7 Å². The third-order valence-electron chi connectivity index (χ3n) is 9.64. The van der Waals surface area contributed by atoms with Crippen molar-refractivity contribution in [3.63, 3.8) is 0 Å². The molecule has 0 saturated carbocycles. The van der Waals surface area contributed by atoms with Crippen molar-refractivity contribution in [2.75, 3.05) is 19.7 Å². The highest BCUT2D eigenvalue weighted by Crippen LogP contribution is 2.42. The van der Waals surface area contributed by atoms with Gasteiger partial charge in [-0.15, -0.1) is 0 Å². The van der Waals surface area contributed by atoms with Crippen LogP contribution in [-0.4, -0.2) is 52.6 Å². The van der Waals surface area contributed by atoms with Crippen LogP contribution in [0.2, 0.25) is 0 Å². The molecule has 0 aliphatic carbocycles. The highest BCUT2D eigenvalue weighted by atomic mass is 16.5. The summed E-state index contributed by atoms with van der Waals surface area (Å²) in [5.41, 5.74) is 7.85. The zero-order chi connectivity index (χ0) is 30.1. The Morgan fingerprint density at radius 1 is 1.07 bits per heavy atom. The van der Waals surface area contributed by atoms with Gasteiger partial charge in [0.15, 0.2) is 0 Å². The van der Waals surface area contributed by atoms with Gasteiger partial charge in [-0.2, -0.15) is 0 Å². The normalized spacial score (nSPS) is 18.9. The fraction of sp³-hybridized carbons (Fsp3) is 0.459. The molecule has 2 bridgehead atoms. The molecular formula is C37H46N4O2. The van der Waals surface area contributed by atoms with Gasteiger partial charge in [-0.3, -0.25) is 9.78 Å². The molecule has 6 heteroatoms. The molecular weight excluding hydrogens is 532 g/mol. The standard InChI is InChI=1S/C37H46N4O2/c1-24-18-25(2)20-27(19-24)35-34(26(3)22-38-16-7-17-43-31-8-6-15-39-23-31)32-21-28(9-14-33(32)40-35)37(4,5)36(42)41-29-10-11-30(41)13-12-29/h6,8-9,14-15,18-21,23,26,29-30,38,40H,7,10-13,16-17,22H2,1-5H3. The first-order valence-electron chi connectivity index (χ1n) is 16.0. The summed E-state index contributed by atoms with van der Waals surface area (Å²) in [7, 11) is 0. The van der Waals surface area contributed by atoms with Crippen molar-refractivity contribution in [2.24, 2.45) is 0 Å². The number of hydrogen-bond donors (Lipinski definition) is 2. The molecule has 2 aromatic carbocycles. The first kappa shape index (κ1) is 29.4. The molecule has 2 aliphatic rings. The predicted molar refractivity (Wildman–Crippen MR) is 175 cm³/mol. The molecule has 1 atom stereocenters. The molecule has 2 aromatic heterocycles. The minimum Gasteiger partial charge on any atom is -0.492 e. The Labute approximate surface area is 256 Å². The van der Waals surface area contributed by atoms with Crippen LogP contribution in [0, 0.1) is 13.8 Å². The number of carbonyl (C=O) groups excluding carboxylic acids is 1. The van der Waals surface area contributed by atoms with Gasteiger partial charge in [0.05, 0.1) is 23.9 Å². The Balaban J connectivity index is 1.26. The molecule has 1 amide bonds. The first-order valence-corrected chi connectivity index (χ1v) is 16.0. The topological polar surface area (TPSA) is 70.2 Å². The second-order valence-corrected chi connectivity index (χ2v) is 13.3. The second kappa shape index (κ2) is 12.2. The van der Waals surface area contributed by atoms with Crippen LogP contribution in [0.25, 0.3) is 22.2 Å². The van der Waals surface area contributed by atoms with E-state index >= 15 is 0 Å². The average molecular weight is 579 g/mol. The number of H-pyrrole nitrogens is 1. The summed E-state index contributed by atoms with van der Waals surface area (Å²) in [6.45, 7) is 13.2. The van der Waals surface area contributed by atoms with E-state index < -0.39 is 5.41 Å². The Kier molecular flexibility index (Phi) is 8.32. The van der Waals surface area contributed by atoms with Crippen LogP contribution in [0.4, 0.5) is 0 Å². The molecule has 2 fully saturated rings. The molecule has 4 heterocycles. The molecule has 226 valence electrons. The molecule has 4 aromatic rings. The number of aromatic amines is 1. The Hall–Kier alpha value is -3.64. The molecule has 0 spiro atoms. The number of hydrogen-bond acceptors (Lipinski definition) is 4. The summed E-state index contributed by atoms with van der Waals surface area (Å²) in [5, 5.41) is 4.89. The predicted octanol–water partition coefficient (Wildman–Crippen LogP) is 7.44. The minimum atomic E-state index is -0.580. The van der Waals surface area contributed by atoms with Crippen LogP contribution in [0.3, 0.4) is 0 Å². The summed E-state index contributed by atoms with van der Waals surface area (Å²) < 4.78 is 5.82. The van der Waals surface area contributed by atoms with Crippen LogP contribution in [-0.2, 0) is 10.2 Å². The second-order valence-electron chi connectivity index (χ2n) is 13.3. The number of amides is 1. The minimum absolute atomic E-state index is 0.257. The van der Waals surface area contributed by atoms with Crippen molar-refractivity contribution in [3.8, 4) is 17.0 Å². The molecule has 1 unspecified atom stereocenters. The van der Waals surface area contributed by atoms with E-state index in [0.717, 1.165) is 62.0 Å². The lowest BCUT2D eigenvalue weighted by Crippen LogP contribution is -2.45. The third-order valence-corrected chi connectivity index (χ3v) is 9.64. The zero-order valence-electron chi connectivity index (χ0n) is 26.4. The summed E-state index contributed by atoms with van der Waals surface area (Å²) in [6, 6.07) is 18.1. The fourth-order valence-corrected chi connectivity index (χ4v) is 7.39. The number of aromatic nitrogens is 2. The van der Waals surface area contributed by atoms with E-state index in [1.807, 2.05) is 12.1 Å². The lowest BCUT2D eigenvalue weighted by Gasteiger charge is -2.33. The van der Waals surface area contributed by atoms with E-state index in [1.165, 1.54) is 33.3 Å². The number of carbonyl (C=O) groups is 1. The van der Waals surface area contributed by atoms with Gasteiger partial charge in [-0.05, 0) is 125 Å². The summed E-state index contributed by atoms with van der Waals surface area (Å²) in [6.07, 6.45) is 9.06. The number of benzene rings is 2. The maximum Gasteiger partial charge on any atom is 0.233 e. The average Bonchev–Trinajstić information content (AvgIpc) is 3.71.